The van der Waals surface area contributed by atoms with Gasteiger partial charge in [0.25, 0.3) is 0 Å². The minimum atomic E-state index is -1.11. The van der Waals surface area contributed by atoms with Crippen molar-refractivity contribution in [1.29, 1.82) is 0 Å². The van der Waals surface area contributed by atoms with Crippen molar-refractivity contribution in [3.8, 4) is 11.5 Å². The van der Waals surface area contributed by atoms with Crippen LogP contribution in [-0.2, 0) is 17.8 Å². The molecule has 2 aromatic heterocycles. The maximum atomic E-state index is 12.3. The van der Waals surface area contributed by atoms with Gasteiger partial charge in [0.1, 0.15) is 34.3 Å². The van der Waals surface area contributed by atoms with E-state index in [9.17, 15) is 24.9 Å². The first-order chi connectivity index (χ1) is 27.1. The molecular weight excluding hydrogens is 818 g/mol. The molecule has 0 aliphatic carbocycles. The van der Waals surface area contributed by atoms with Crippen LogP contribution in [0.4, 0.5) is 23.5 Å². The van der Waals surface area contributed by atoms with Crippen LogP contribution in [-0.4, -0.2) is 112 Å². The molecule has 20 heteroatoms. The van der Waals surface area contributed by atoms with E-state index in [1.165, 1.54) is 12.4 Å². The first kappa shape index (κ1) is 50.9. The molecule has 2 saturated heterocycles. The second-order valence-electron chi connectivity index (χ2n) is 12.9. The Morgan fingerprint density at radius 3 is 1.63 bits per heavy atom. The van der Waals surface area contributed by atoms with E-state index in [0.717, 1.165) is 49.9 Å². The number of anilines is 4. The van der Waals surface area contributed by atoms with Crippen LogP contribution < -0.4 is 59.5 Å². The topological polar surface area (TPSA) is 235 Å². The summed E-state index contributed by atoms with van der Waals surface area (Å²) in [5, 5.41) is 35.7. The second kappa shape index (κ2) is 24.8. The number of aromatic carboxylic acids is 1. The summed E-state index contributed by atoms with van der Waals surface area (Å²) >= 11 is 12.3. The van der Waals surface area contributed by atoms with Crippen LogP contribution in [0.15, 0.2) is 48.8 Å². The maximum Gasteiger partial charge on any atom is 1.00 e. The summed E-state index contributed by atoms with van der Waals surface area (Å²) < 4.78 is 15.4. The average Bonchev–Trinajstić information content (AvgIpc) is 3.90. The van der Waals surface area contributed by atoms with Gasteiger partial charge in [0, 0.05) is 38.6 Å². The van der Waals surface area contributed by atoms with Gasteiger partial charge in [-0.15, -0.1) is 0 Å². The molecule has 2 aliphatic heterocycles. The molecule has 4 heterocycles. The van der Waals surface area contributed by atoms with Gasteiger partial charge >= 0.3 is 41.5 Å². The normalized spacial score (nSPS) is 15.4. The van der Waals surface area contributed by atoms with E-state index in [1.807, 2.05) is 21.9 Å². The van der Waals surface area contributed by atoms with Gasteiger partial charge in [-0.2, -0.15) is 9.97 Å². The van der Waals surface area contributed by atoms with E-state index in [4.69, 9.17) is 37.4 Å². The van der Waals surface area contributed by atoms with Crippen LogP contribution in [0.1, 0.15) is 71.9 Å². The number of carbonyl (C=O) groups excluding carboxylic acids is 1. The molecule has 316 valence electrons. The molecule has 17 nitrogen and oxygen atoms in total. The average molecular weight is 870 g/mol. The smallest absolute Gasteiger partial charge is 0.870 e. The summed E-state index contributed by atoms with van der Waals surface area (Å²) in [5.74, 6) is 1.05. The number of ether oxygens (including phenoxy) is 3. The Kier molecular flexibility index (Phi) is 21.4. The zero-order chi connectivity index (χ0) is 40.2. The molecule has 2 aliphatic rings. The van der Waals surface area contributed by atoms with E-state index in [-0.39, 0.29) is 91.3 Å². The van der Waals surface area contributed by atoms with E-state index >= 15 is 0 Å². The van der Waals surface area contributed by atoms with Crippen molar-refractivity contribution in [2.45, 2.75) is 65.2 Å². The molecule has 0 radical (unpaired) electrons. The van der Waals surface area contributed by atoms with Gasteiger partial charge < -0.3 is 55.4 Å². The molecule has 0 amide bonds. The standard InChI is InChI=1S/C20H25ClN4O4.C18H21ClN4O4.CH4.Na.H2O/c1-3-29-19(27)15-11-23-20(25-8-4-5-14(25)12-26)24-18(15)22-10-13-6-7-17(28-2)16(21)9-13;1-27-15-5-4-11(7-14(15)19)8-20-16-13(17(25)26)9-21-18(22-16)23-6-2-3-12(23)10-24;;;/h6-7,9,11,14,26H,3-5,8,10,12H2,1-2H3,(H,22,23,24);4-5,7,9,12,24H,2-3,6,8,10H2,1H3,(H,25,26)(H,20,21,22);1H4;;1H2/q;;;+1;/p-1/t14-;12-;;;/m00.../s1. The first-order valence-electron chi connectivity index (χ1n) is 18.1. The number of hydrogen-bond acceptors (Lipinski definition) is 16. The quantitative estimate of drug-likeness (QED) is 0.0854. The number of nitrogens with zero attached hydrogens (tertiary/aromatic N) is 6. The molecule has 0 spiro atoms. The predicted molar refractivity (Wildman–Crippen MR) is 221 cm³/mol. The Bertz CT molecular complexity index is 1990. The van der Waals surface area contributed by atoms with Gasteiger partial charge in [0.15, 0.2) is 0 Å². The zero-order valence-corrected chi connectivity index (χ0v) is 36.3. The third-order valence-corrected chi connectivity index (χ3v) is 9.91. The number of aliphatic hydroxyl groups is 2. The van der Waals surface area contributed by atoms with Crippen LogP contribution in [0.2, 0.25) is 10.0 Å². The third-order valence-electron chi connectivity index (χ3n) is 9.32. The number of carbonyl (C=O) groups is 2. The molecule has 2 aromatic carbocycles. The van der Waals surface area contributed by atoms with Gasteiger partial charge in [0.05, 0.1) is 56.2 Å². The summed E-state index contributed by atoms with van der Waals surface area (Å²) in [4.78, 5) is 45.2. The Morgan fingerprint density at radius 2 is 1.24 bits per heavy atom. The van der Waals surface area contributed by atoms with E-state index in [1.54, 1.807) is 45.4 Å². The monoisotopic (exact) mass is 868 g/mol. The van der Waals surface area contributed by atoms with Gasteiger partial charge in [-0.3, -0.25) is 0 Å². The number of rotatable bonds is 15. The molecule has 2 atom stereocenters. The summed E-state index contributed by atoms with van der Waals surface area (Å²) in [6.45, 7) is 4.28. The fourth-order valence-corrected chi connectivity index (χ4v) is 6.96. The maximum absolute atomic E-state index is 12.3. The van der Waals surface area contributed by atoms with Crippen molar-refractivity contribution in [2.75, 3.05) is 67.6 Å². The molecule has 6 rings (SSSR count). The van der Waals surface area contributed by atoms with Crippen molar-refractivity contribution in [1.82, 2.24) is 19.9 Å². The zero-order valence-electron chi connectivity index (χ0n) is 32.8. The summed E-state index contributed by atoms with van der Waals surface area (Å²) in [6, 6.07) is 10.7. The third kappa shape index (κ3) is 13.1. The van der Waals surface area contributed by atoms with Crippen molar-refractivity contribution in [2.24, 2.45) is 0 Å². The molecule has 6 N–H and O–H groups in total. The summed E-state index contributed by atoms with van der Waals surface area (Å²) in [6.07, 6.45) is 6.39. The predicted octanol–water partition coefficient (Wildman–Crippen LogP) is 2.76. The minimum absolute atomic E-state index is 0. The van der Waals surface area contributed by atoms with Gasteiger partial charge in [-0.25, -0.2) is 19.6 Å². The Morgan fingerprint density at radius 1 is 0.797 bits per heavy atom. The van der Waals surface area contributed by atoms with Gasteiger partial charge in [0.2, 0.25) is 11.9 Å². The minimum Gasteiger partial charge on any atom is -0.870 e. The van der Waals surface area contributed by atoms with E-state index in [2.05, 4.69) is 30.6 Å². The molecule has 4 aromatic rings. The van der Waals surface area contributed by atoms with Crippen LogP contribution in [0.5, 0.6) is 11.5 Å². The van der Waals surface area contributed by atoms with E-state index in [0.29, 0.717) is 52.3 Å². The number of nitrogens with one attached hydrogen (secondary N) is 2. The summed E-state index contributed by atoms with van der Waals surface area (Å²) in [5.41, 5.74) is 2.00. The number of aromatic nitrogens is 4. The van der Waals surface area contributed by atoms with Crippen molar-refractivity contribution >= 4 is 58.7 Å². The van der Waals surface area contributed by atoms with Crippen LogP contribution in [0.25, 0.3) is 0 Å². The van der Waals surface area contributed by atoms with Gasteiger partial charge in [-0.05, 0) is 68.0 Å². The molecule has 0 bridgehead atoms. The number of benzene rings is 2. The Hall–Kier alpha value is -4.20. The Balaban J connectivity index is 0.000000388. The van der Waals surface area contributed by atoms with Crippen molar-refractivity contribution < 1.29 is 74.2 Å². The largest absolute Gasteiger partial charge is 1.00 e. The number of aliphatic hydroxyl groups excluding tert-OH is 2. The van der Waals surface area contributed by atoms with E-state index < -0.39 is 11.9 Å². The number of methoxy groups -OCH3 is 2. The van der Waals surface area contributed by atoms with Crippen molar-refractivity contribution in [3.05, 3.63) is 81.1 Å². The molecular formula is C39H51Cl2N8NaO9. The number of hydrogen-bond donors (Lipinski definition) is 5. The van der Waals surface area contributed by atoms with Crippen LogP contribution in [0, 0.1) is 0 Å². The Labute approximate surface area is 376 Å². The fourth-order valence-electron chi connectivity index (χ4n) is 6.39. The van der Waals surface area contributed by atoms with Crippen LogP contribution in [0.3, 0.4) is 0 Å². The number of carboxylic acids is 1. The molecule has 0 saturated carbocycles. The summed E-state index contributed by atoms with van der Waals surface area (Å²) in [7, 11) is 3.10. The fraction of sp³-hybridized carbons (Fsp3) is 0.436. The second-order valence-corrected chi connectivity index (χ2v) is 13.7. The number of esters is 1. The molecule has 59 heavy (non-hydrogen) atoms. The van der Waals surface area contributed by atoms with Crippen LogP contribution >= 0.6 is 23.2 Å². The van der Waals surface area contributed by atoms with Crippen molar-refractivity contribution in [3.63, 3.8) is 0 Å². The number of halogens is 2. The first-order valence-corrected chi connectivity index (χ1v) is 18.9. The number of carboxylic acid groups (broad SMARTS) is 1. The molecule has 2 fully saturated rings. The molecule has 0 unspecified atom stereocenters. The SMILES string of the molecule is C.CCOC(=O)c1cnc(N2CCC[C@H]2CO)nc1NCc1ccc(OC)c(Cl)c1.COc1ccc(CNc2nc(N3CCC[C@H]3CO)ncc2C(=O)O)cc1Cl.[Na+].[OH-]. The van der Waals surface area contributed by atoms with Gasteiger partial charge in [-0.1, -0.05) is 42.8 Å².